The molecule has 0 bridgehead atoms. The smallest absolute Gasteiger partial charge is 0.216 e. The van der Waals surface area contributed by atoms with Crippen LogP contribution in [0.1, 0.15) is 33.1 Å². The molecule has 9 atom stereocenters. The molecule has 0 aliphatic carbocycles. The molecule has 0 aromatic carbocycles. The summed E-state index contributed by atoms with van der Waals surface area (Å²) in [4.78, 5) is 11.0. The largest absolute Gasteiger partial charge is 0.394 e. The molecule has 2 fully saturated rings. The Morgan fingerprint density at radius 2 is 1.59 bits per heavy atom. The summed E-state index contributed by atoms with van der Waals surface area (Å²) in [5.74, 6) is -0.429. The average Bonchev–Trinajstić information content (AvgIpc) is 2.77. The maximum atomic E-state index is 11.0. The summed E-state index contributed by atoms with van der Waals surface area (Å²) in [5, 5.41) is 52.3. The van der Waals surface area contributed by atoms with Crippen LogP contribution in [0.25, 0.3) is 0 Å². The molecule has 2 aliphatic heterocycles. The molecule has 188 valence electrons. The van der Waals surface area contributed by atoms with Crippen LogP contribution in [0, 0.1) is 5.92 Å². The summed E-state index contributed by atoms with van der Waals surface area (Å²) in [5.41, 5.74) is 0. The van der Waals surface area contributed by atoms with Crippen molar-refractivity contribution >= 4 is 5.91 Å². The van der Waals surface area contributed by atoms with Gasteiger partial charge in [-0.25, -0.2) is 0 Å². The second kappa shape index (κ2) is 13.7. The standard InChI is InChI=1S/C21H39NO10/c1-12-16(9-23)32-15(20(18(12)27)30-8-4-6-22-13(2)25)5-3-7-29-21-17(10-24)31-11-14(26)19(21)28/h12,14-21,23-24,26-28H,3-11H2,1-2H3,(H,22,25)/t12-,14+,15?,16-,17-,18+,19-,20+,21-/m1/s1. The summed E-state index contributed by atoms with van der Waals surface area (Å²) in [7, 11) is 0. The zero-order valence-electron chi connectivity index (χ0n) is 18.8. The van der Waals surface area contributed by atoms with Gasteiger partial charge in [0.25, 0.3) is 0 Å². The zero-order chi connectivity index (χ0) is 23.7. The summed E-state index contributed by atoms with van der Waals surface area (Å²) in [6.45, 7) is 3.62. The number of ether oxygens (including phenoxy) is 4. The minimum absolute atomic E-state index is 0.0677. The van der Waals surface area contributed by atoms with E-state index in [4.69, 9.17) is 18.9 Å². The third-order valence-electron chi connectivity index (χ3n) is 6.06. The van der Waals surface area contributed by atoms with E-state index in [1.165, 1.54) is 6.92 Å². The highest BCUT2D eigenvalue weighted by Gasteiger charge is 2.43. The number of carbonyl (C=O) groups excluding carboxylic acids is 1. The van der Waals surface area contributed by atoms with Crippen molar-refractivity contribution in [2.45, 2.75) is 81.9 Å². The molecule has 11 nitrogen and oxygen atoms in total. The van der Waals surface area contributed by atoms with Crippen molar-refractivity contribution in [3.63, 3.8) is 0 Å². The average molecular weight is 466 g/mol. The molecule has 11 heteroatoms. The van der Waals surface area contributed by atoms with E-state index in [1.54, 1.807) is 6.92 Å². The number of aliphatic hydroxyl groups is 5. The first-order valence-electron chi connectivity index (χ1n) is 11.3. The van der Waals surface area contributed by atoms with Gasteiger partial charge in [0.15, 0.2) is 0 Å². The van der Waals surface area contributed by atoms with Crippen LogP contribution in [0.3, 0.4) is 0 Å². The van der Waals surface area contributed by atoms with Gasteiger partial charge in [-0.05, 0) is 19.3 Å². The predicted molar refractivity (Wildman–Crippen MR) is 112 cm³/mol. The van der Waals surface area contributed by atoms with Gasteiger partial charge in [-0.1, -0.05) is 6.92 Å². The van der Waals surface area contributed by atoms with Gasteiger partial charge >= 0.3 is 0 Å². The lowest BCUT2D eigenvalue weighted by atomic mass is 9.86. The first-order chi connectivity index (χ1) is 15.3. The minimum atomic E-state index is -1.16. The van der Waals surface area contributed by atoms with E-state index in [-0.39, 0.29) is 38.3 Å². The van der Waals surface area contributed by atoms with E-state index in [0.717, 1.165) is 0 Å². The molecule has 0 aromatic heterocycles. The highest BCUT2D eigenvalue weighted by molar-refractivity contribution is 5.72. The third-order valence-corrected chi connectivity index (χ3v) is 6.06. The Balaban J connectivity index is 1.86. The molecule has 0 saturated carbocycles. The Kier molecular flexibility index (Phi) is 11.7. The molecular formula is C21H39NO10. The van der Waals surface area contributed by atoms with Crippen LogP contribution in [0.15, 0.2) is 0 Å². The van der Waals surface area contributed by atoms with E-state index >= 15 is 0 Å². The fourth-order valence-corrected chi connectivity index (χ4v) is 4.09. The van der Waals surface area contributed by atoms with Gasteiger partial charge in [0, 0.05) is 32.6 Å². The molecular weight excluding hydrogens is 426 g/mol. The van der Waals surface area contributed by atoms with Crippen molar-refractivity contribution in [3.05, 3.63) is 0 Å². The summed E-state index contributed by atoms with van der Waals surface area (Å²) in [6.07, 6.45) is -4.69. The van der Waals surface area contributed by atoms with Gasteiger partial charge in [-0.15, -0.1) is 0 Å². The summed E-state index contributed by atoms with van der Waals surface area (Å²) < 4.78 is 22.9. The lowest BCUT2D eigenvalue weighted by Gasteiger charge is -2.43. The van der Waals surface area contributed by atoms with Crippen LogP contribution in [-0.2, 0) is 23.7 Å². The van der Waals surface area contributed by atoms with Gasteiger partial charge in [-0.3, -0.25) is 4.79 Å². The number of rotatable bonds is 12. The Labute approximate surface area is 188 Å². The fraction of sp³-hybridized carbons (Fsp3) is 0.952. The van der Waals surface area contributed by atoms with Crippen LogP contribution < -0.4 is 5.32 Å². The number of hydrogen-bond donors (Lipinski definition) is 6. The number of amides is 1. The first-order valence-corrected chi connectivity index (χ1v) is 11.3. The fourth-order valence-electron chi connectivity index (χ4n) is 4.09. The van der Waals surface area contributed by atoms with E-state index in [9.17, 15) is 30.3 Å². The topological polar surface area (TPSA) is 167 Å². The molecule has 0 spiro atoms. The Hall–Kier alpha value is -0.890. The van der Waals surface area contributed by atoms with Crippen molar-refractivity contribution < 1.29 is 49.3 Å². The predicted octanol–water partition coefficient (Wildman–Crippen LogP) is -2.07. The van der Waals surface area contributed by atoms with Crippen molar-refractivity contribution in [1.82, 2.24) is 5.32 Å². The van der Waals surface area contributed by atoms with Gasteiger partial charge in [0.05, 0.1) is 38.1 Å². The zero-order valence-corrected chi connectivity index (χ0v) is 18.8. The van der Waals surface area contributed by atoms with Crippen LogP contribution in [0.5, 0.6) is 0 Å². The number of aliphatic hydroxyl groups excluding tert-OH is 5. The third kappa shape index (κ3) is 7.57. The van der Waals surface area contributed by atoms with Crippen molar-refractivity contribution in [1.29, 1.82) is 0 Å². The molecule has 32 heavy (non-hydrogen) atoms. The molecule has 1 amide bonds. The van der Waals surface area contributed by atoms with Crippen LogP contribution in [-0.4, -0.2) is 120 Å². The lowest BCUT2D eigenvalue weighted by molar-refractivity contribution is -0.225. The molecule has 0 radical (unpaired) electrons. The molecule has 0 aromatic rings. The van der Waals surface area contributed by atoms with Gasteiger partial charge in [0.2, 0.25) is 5.91 Å². The van der Waals surface area contributed by atoms with Crippen LogP contribution in [0.2, 0.25) is 0 Å². The minimum Gasteiger partial charge on any atom is -0.394 e. The molecule has 2 rings (SSSR count). The Morgan fingerprint density at radius 3 is 2.22 bits per heavy atom. The summed E-state index contributed by atoms with van der Waals surface area (Å²) >= 11 is 0. The SMILES string of the molecule is CC(=O)NCCCO[C@H]1C(CCCO[C@H]2[C@H](O)[C@@H](O)CO[C@@H]2CO)O[C@H](CO)[C@@H](C)[C@@H]1O. The first kappa shape index (κ1) is 27.4. The maximum absolute atomic E-state index is 11.0. The second-order valence-electron chi connectivity index (χ2n) is 8.51. The van der Waals surface area contributed by atoms with Crippen LogP contribution >= 0.6 is 0 Å². The molecule has 1 unspecified atom stereocenters. The normalized spacial score (nSPS) is 37.9. The Bertz CT molecular complexity index is 551. The van der Waals surface area contributed by atoms with E-state index in [2.05, 4.69) is 5.32 Å². The monoisotopic (exact) mass is 465 g/mol. The Morgan fingerprint density at radius 1 is 0.969 bits per heavy atom. The summed E-state index contributed by atoms with van der Waals surface area (Å²) in [6, 6.07) is 0. The number of nitrogens with one attached hydrogen (secondary N) is 1. The van der Waals surface area contributed by atoms with Crippen LogP contribution in [0.4, 0.5) is 0 Å². The second-order valence-corrected chi connectivity index (χ2v) is 8.51. The molecule has 2 heterocycles. The van der Waals surface area contributed by atoms with Crippen molar-refractivity contribution in [2.24, 2.45) is 5.92 Å². The van der Waals surface area contributed by atoms with Gasteiger partial charge in [0.1, 0.15) is 30.5 Å². The van der Waals surface area contributed by atoms with Crippen molar-refractivity contribution in [2.75, 3.05) is 39.6 Å². The highest BCUT2D eigenvalue weighted by atomic mass is 16.6. The molecule has 6 N–H and O–H groups in total. The lowest BCUT2D eigenvalue weighted by Crippen LogP contribution is -2.56. The molecule has 2 aliphatic rings. The number of hydrogen-bond acceptors (Lipinski definition) is 10. The van der Waals surface area contributed by atoms with E-state index in [1.807, 2.05) is 0 Å². The quantitative estimate of drug-likeness (QED) is 0.176. The highest BCUT2D eigenvalue weighted by Crippen LogP contribution is 2.30. The van der Waals surface area contributed by atoms with Gasteiger partial charge in [-0.2, -0.15) is 0 Å². The number of carbonyl (C=O) groups is 1. The van der Waals surface area contributed by atoms with Gasteiger partial charge < -0.3 is 49.8 Å². The molecule has 2 saturated heterocycles. The van der Waals surface area contributed by atoms with Crippen molar-refractivity contribution in [3.8, 4) is 0 Å². The maximum Gasteiger partial charge on any atom is 0.216 e. The van der Waals surface area contributed by atoms with E-state index < -0.39 is 48.8 Å². The van der Waals surface area contributed by atoms with E-state index in [0.29, 0.717) is 32.4 Å².